The number of hydrogen-bond donors (Lipinski definition) is 0. The summed E-state index contributed by atoms with van der Waals surface area (Å²) >= 11 is 0. The van der Waals surface area contributed by atoms with Crippen LogP contribution in [0.4, 0.5) is 0 Å². The van der Waals surface area contributed by atoms with Gasteiger partial charge in [0, 0.05) is 37.4 Å². The summed E-state index contributed by atoms with van der Waals surface area (Å²) in [6, 6.07) is 5.93. The normalized spacial score (nSPS) is 15.7. The van der Waals surface area contributed by atoms with Crippen molar-refractivity contribution in [1.82, 2.24) is 29.3 Å². The molecule has 7 nitrogen and oxygen atoms in total. The van der Waals surface area contributed by atoms with E-state index in [0.717, 1.165) is 61.6 Å². The summed E-state index contributed by atoms with van der Waals surface area (Å²) < 4.78 is 3.98. The Hall–Kier alpha value is -2.70. The van der Waals surface area contributed by atoms with Gasteiger partial charge in [0.2, 0.25) is 0 Å². The molecule has 136 valence electrons. The molecule has 0 radical (unpaired) electrons. The second-order valence-corrected chi connectivity index (χ2v) is 6.92. The van der Waals surface area contributed by atoms with E-state index in [1.54, 1.807) is 6.20 Å². The molecule has 4 rings (SSSR count). The van der Waals surface area contributed by atoms with Gasteiger partial charge in [-0.25, -0.2) is 0 Å². The van der Waals surface area contributed by atoms with Gasteiger partial charge in [0.05, 0.1) is 11.8 Å². The molecule has 3 aromatic rings. The van der Waals surface area contributed by atoms with Crippen LogP contribution in [0.15, 0.2) is 30.6 Å². The highest BCUT2D eigenvalue weighted by Gasteiger charge is 2.28. The Morgan fingerprint density at radius 1 is 1.23 bits per heavy atom. The predicted molar refractivity (Wildman–Crippen MR) is 98.1 cm³/mol. The molecular formula is C19H24N6O. The van der Waals surface area contributed by atoms with Crippen molar-refractivity contribution in [2.75, 3.05) is 13.1 Å². The Morgan fingerprint density at radius 3 is 2.81 bits per heavy atom. The molecule has 7 heteroatoms. The van der Waals surface area contributed by atoms with Crippen molar-refractivity contribution in [2.24, 2.45) is 0 Å². The Kier molecular flexibility index (Phi) is 4.44. The van der Waals surface area contributed by atoms with Crippen LogP contribution in [0.5, 0.6) is 0 Å². The Bertz CT molecular complexity index is 919. The van der Waals surface area contributed by atoms with Crippen molar-refractivity contribution in [3.8, 4) is 0 Å². The number of likely N-dealkylation sites (tertiary alicyclic amines) is 1. The van der Waals surface area contributed by atoms with Crippen LogP contribution >= 0.6 is 0 Å². The standard InChI is InChI=1S/C19H24N6O/c1-3-9-25-14(2)16(13-20-25)19(26)23-11-7-15(8-12-23)18-22-21-17-6-4-5-10-24(17)18/h4-6,10,13,15H,3,7-9,11-12H2,1-2H3. The molecule has 3 aromatic heterocycles. The topological polar surface area (TPSA) is 68.3 Å². The lowest BCUT2D eigenvalue weighted by Gasteiger charge is -2.31. The lowest BCUT2D eigenvalue weighted by molar-refractivity contribution is 0.0710. The molecule has 1 amide bonds. The smallest absolute Gasteiger partial charge is 0.257 e. The quantitative estimate of drug-likeness (QED) is 0.724. The summed E-state index contributed by atoms with van der Waals surface area (Å²) in [6.07, 6.45) is 6.54. The summed E-state index contributed by atoms with van der Waals surface area (Å²) in [6.45, 7) is 6.42. The monoisotopic (exact) mass is 352 g/mol. The zero-order chi connectivity index (χ0) is 18.1. The highest BCUT2D eigenvalue weighted by molar-refractivity contribution is 5.95. The van der Waals surface area contributed by atoms with E-state index in [1.165, 1.54) is 0 Å². The number of aryl methyl sites for hydroxylation is 1. The molecule has 1 fully saturated rings. The molecule has 0 saturated carbocycles. The van der Waals surface area contributed by atoms with Crippen LogP contribution in [0.3, 0.4) is 0 Å². The minimum atomic E-state index is 0.0920. The zero-order valence-electron chi connectivity index (χ0n) is 15.3. The van der Waals surface area contributed by atoms with Gasteiger partial charge in [-0.3, -0.25) is 13.9 Å². The number of carbonyl (C=O) groups excluding carboxylic acids is 1. The Labute approximate surface area is 152 Å². The molecule has 0 aliphatic carbocycles. The van der Waals surface area contributed by atoms with Gasteiger partial charge in [-0.15, -0.1) is 10.2 Å². The van der Waals surface area contributed by atoms with Crippen LogP contribution in [0.1, 0.15) is 54.0 Å². The minimum Gasteiger partial charge on any atom is -0.338 e. The molecule has 0 atom stereocenters. The summed E-state index contributed by atoms with van der Waals surface area (Å²) in [5, 5.41) is 13.0. The largest absolute Gasteiger partial charge is 0.338 e. The first-order chi connectivity index (χ1) is 12.7. The van der Waals surface area contributed by atoms with Gasteiger partial charge < -0.3 is 4.90 Å². The number of pyridine rings is 1. The number of fused-ring (bicyclic) bond motifs is 1. The van der Waals surface area contributed by atoms with E-state index in [2.05, 4.69) is 26.6 Å². The fourth-order valence-corrected chi connectivity index (χ4v) is 3.74. The van der Waals surface area contributed by atoms with Crippen molar-refractivity contribution in [2.45, 2.75) is 45.6 Å². The number of amides is 1. The predicted octanol–water partition coefficient (Wildman–Crippen LogP) is 2.66. The first kappa shape index (κ1) is 16.8. The van der Waals surface area contributed by atoms with Crippen molar-refractivity contribution in [1.29, 1.82) is 0 Å². The number of nitrogens with zero attached hydrogens (tertiary/aromatic N) is 6. The first-order valence-electron chi connectivity index (χ1n) is 9.30. The van der Waals surface area contributed by atoms with Crippen LogP contribution < -0.4 is 0 Å². The van der Waals surface area contributed by atoms with Gasteiger partial charge in [0.15, 0.2) is 5.65 Å². The van der Waals surface area contributed by atoms with Crippen molar-refractivity contribution >= 4 is 11.6 Å². The van der Waals surface area contributed by atoms with Crippen LogP contribution in [0.25, 0.3) is 5.65 Å². The summed E-state index contributed by atoms with van der Waals surface area (Å²) in [7, 11) is 0. The molecule has 0 aromatic carbocycles. The molecule has 0 unspecified atom stereocenters. The maximum atomic E-state index is 12.9. The highest BCUT2D eigenvalue weighted by atomic mass is 16.2. The molecule has 0 spiro atoms. The third-order valence-corrected chi connectivity index (χ3v) is 5.26. The van der Waals surface area contributed by atoms with Gasteiger partial charge in [-0.05, 0) is 38.3 Å². The highest BCUT2D eigenvalue weighted by Crippen LogP contribution is 2.28. The molecule has 0 bridgehead atoms. The van der Waals surface area contributed by atoms with Gasteiger partial charge in [0.25, 0.3) is 5.91 Å². The number of piperidine rings is 1. The van der Waals surface area contributed by atoms with E-state index in [9.17, 15) is 4.79 Å². The van der Waals surface area contributed by atoms with E-state index in [-0.39, 0.29) is 5.91 Å². The van der Waals surface area contributed by atoms with Crippen molar-refractivity contribution in [3.63, 3.8) is 0 Å². The zero-order valence-corrected chi connectivity index (χ0v) is 15.3. The van der Waals surface area contributed by atoms with Gasteiger partial charge >= 0.3 is 0 Å². The number of hydrogen-bond acceptors (Lipinski definition) is 4. The van der Waals surface area contributed by atoms with E-state index in [0.29, 0.717) is 5.92 Å². The SMILES string of the molecule is CCCn1ncc(C(=O)N2CCC(c3nnc4ccccn34)CC2)c1C. The van der Waals surface area contributed by atoms with Gasteiger partial charge in [0.1, 0.15) is 5.82 Å². The molecule has 26 heavy (non-hydrogen) atoms. The third-order valence-electron chi connectivity index (χ3n) is 5.26. The van der Waals surface area contributed by atoms with E-state index >= 15 is 0 Å². The van der Waals surface area contributed by atoms with Gasteiger partial charge in [-0.1, -0.05) is 13.0 Å². The third kappa shape index (κ3) is 2.87. The van der Waals surface area contributed by atoms with Crippen molar-refractivity contribution in [3.05, 3.63) is 47.7 Å². The van der Waals surface area contributed by atoms with Crippen LogP contribution in [-0.4, -0.2) is 48.3 Å². The number of aromatic nitrogens is 5. The summed E-state index contributed by atoms with van der Waals surface area (Å²) in [5.41, 5.74) is 2.56. The molecule has 1 saturated heterocycles. The molecule has 1 aliphatic rings. The fourth-order valence-electron chi connectivity index (χ4n) is 3.74. The first-order valence-corrected chi connectivity index (χ1v) is 9.30. The lowest BCUT2D eigenvalue weighted by atomic mass is 9.95. The van der Waals surface area contributed by atoms with Crippen LogP contribution in [0.2, 0.25) is 0 Å². The van der Waals surface area contributed by atoms with E-state index in [4.69, 9.17) is 0 Å². The van der Waals surface area contributed by atoms with Crippen molar-refractivity contribution < 1.29 is 4.79 Å². The van der Waals surface area contributed by atoms with E-state index < -0.39 is 0 Å². The molecule has 0 N–H and O–H groups in total. The summed E-state index contributed by atoms with van der Waals surface area (Å²) in [5.74, 6) is 1.43. The maximum absolute atomic E-state index is 12.9. The minimum absolute atomic E-state index is 0.0920. The summed E-state index contributed by atoms with van der Waals surface area (Å²) in [4.78, 5) is 14.8. The molecule has 4 heterocycles. The second-order valence-electron chi connectivity index (χ2n) is 6.92. The van der Waals surface area contributed by atoms with Gasteiger partial charge in [-0.2, -0.15) is 5.10 Å². The Morgan fingerprint density at radius 2 is 2.04 bits per heavy atom. The second kappa shape index (κ2) is 6.90. The Balaban J connectivity index is 1.46. The average Bonchev–Trinajstić information content (AvgIpc) is 3.26. The van der Waals surface area contributed by atoms with Crippen LogP contribution in [-0.2, 0) is 6.54 Å². The lowest BCUT2D eigenvalue weighted by Crippen LogP contribution is -2.38. The average molecular weight is 352 g/mol. The van der Waals surface area contributed by atoms with Crippen LogP contribution in [0, 0.1) is 6.92 Å². The number of rotatable bonds is 4. The van der Waals surface area contributed by atoms with E-state index in [1.807, 2.05) is 40.9 Å². The molecule has 1 aliphatic heterocycles. The maximum Gasteiger partial charge on any atom is 0.257 e. The molecular weight excluding hydrogens is 328 g/mol. The fraction of sp³-hybridized carbons (Fsp3) is 0.474. The number of carbonyl (C=O) groups is 1.